The minimum Gasteiger partial charge on any atom is -0.489 e. The van der Waals surface area contributed by atoms with E-state index in [0.717, 1.165) is 53.9 Å². The van der Waals surface area contributed by atoms with Crippen LogP contribution in [0.15, 0.2) is 54.6 Å². The molecule has 0 N–H and O–H groups in total. The summed E-state index contributed by atoms with van der Waals surface area (Å²) in [5.74, 6) is 0.581. The molecule has 0 atom stereocenters. The third-order valence-electron chi connectivity index (χ3n) is 6.04. The fourth-order valence-electron chi connectivity index (χ4n) is 4.37. The van der Waals surface area contributed by atoms with Crippen LogP contribution in [0.25, 0.3) is 0 Å². The van der Waals surface area contributed by atoms with Crippen LogP contribution in [0.1, 0.15) is 48.2 Å². The third kappa shape index (κ3) is 5.55. The van der Waals surface area contributed by atoms with Crippen molar-refractivity contribution >= 4 is 5.91 Å². The van der Waals surface area contributed by atoms with Crippen LogP contribution in [0.3, 0.4) is 0 Å². The van der Waals surface area contributed by atoms with Crippen molar-refractivity contribution in [2.24, 2.45) is 0 Å². The molecule has 0 bridgehead atoms. The lowest BCUT2D eigenvalue weighted by Crippen LogP contribution is -2.40. The van der Waals surface area contributed by atoms with Gasteiger partial charge in [-0.2, -0.15) is 5.10 Å². The fourth-order valence-corrected chi connectivity index (χ4v) is 4.37. The lowest BCUT2D eigenvalue weighted by atomic mass is 10.1. The van der Waals surface area contributed by atoms with E-state index in [0.29, 0.717) is 13.2 Å². The molecule has 0 saturated heterocycles. The maximum Gasteiger partial charge on any atom is 0.244 e. The molecule has 1 heterocycles. The minimum atomic E-state index is -0.257. The number of hydrogen-bond donors (Lipinski definition) is 0. The molecule has 0 radical (unpaired) electrons. The number of hydrogen-bond acceptors (Lipinski definition) is 3. The second kappa shape index (κ2) is 9.98. The average molecular weight is 436 g/mol. The second-order valence-electron chi connectivity index (χ2n) is 8.61. The number of amides is 1. The van der Waals surface area contributed by atoms with Gasteiger partial charge < -0.3 is 9.64 Å². The largest absolute Gasteiger partial charge is 0.489 e. The lowest BCUT2D eigenvalue weighted by molar-refractivity contribution is -0.135. The van der Waals surface area contributed by atoms with Gasteiger partial charge in [0.05, 0.1) is 5.69 Å². The molecule has 4 rings (SSSR count). The SMILES string of the molecule is Cc1cc(C)n(CC(=O)N(Cc2cccc(OCc3ccc(F)cc3)c2)C2CCCC2)n1. The highest BCUT2D eigenvalue weighted by molar-refractivity contribution is 5.76. The van der Waals surface area contributed by atoms with Crippen LogP contribution in [0.2, 0.25) is 0 Å². The fraction of sp³-hybridized carbons (Fsp3) is 0.385. The highest BCUT2D eigenvalue weighted by atomic mass is 19.1. The molecule has 32 heavy (non-hydrogen) atoms. The first kappa shape index (κ1) is 22.1. The zero-order valence-corrected chi connectivity index (χ0v) is 18.8. The summed E-state index contributed by atoms with van der Waals surface area (Å²) in [6, 6.07) is 16.4. The van der Waals surface area contributed by atoms with E-state index in [1.54, 1.807) is 16.8 Å². The van der Waals surface area contributed by atoms with Crippen LogP contribution in [-0.2, 0) is 24.5 Å². The van der Waals surface area contributed by atoms with Gasteiger partial charge in [0.15, 0.2) is 0 Å². The van der Waals surface area contributed by atoms with Crippen molar-refractivity contribution in [1.82, 2.24) is 14.7 Å². The Hall–Kier alpha value is -3.15. The standard InChI is InChI=1S/C26H30FN3O2/c1-19-14-20(2)30(28-19)17-26(31)29(24-7-3-4-8-24)16-22-6-5-9-25(15-22)32-18-21-10-12-23(27)13-11-21/h5-6,9-15,24H,3-4,7-8,16-18H2,1-2H3. The number of benzene rings is 2. The second-order valence-corrected chi connectivity index (χ2v) is 8.61. The summed E-state index contributed by atoms with van der Waals surface area (Å²) >= 11 is 0. The number of nitrogens with zero attached hydrogens (tertiary/aromatic N) is 3. The molecule has 0 unspecified atom stereocenters. The summed E-state index contributed by atoms with van der Waals surface area (Å²) < 4.78 is 20.8. The van der Waals surface area contributed by atoms with Crippen LogP contribution in [0.4, 0.5) is 4.39 Å². The molecule has 1 aliphatic rings. The first-order valence-electron chi connectivity index (χ1n) is 11.2. The third-order valence-corrected chi connectivity index (χ3v) is 6.04. The predicted octanol–water partition coefficient (Wildman–Crippen LogP) is 5.19. The molecule has 1 saturated carbocycles. The molecule has 6 heteroatoms. The van der Waals surface area contributed by atoms with E-state index in [9.17, 15) is 9.18 Å². The van der Waals surface area contributed by atoms with Gasteiger partial charge in [0.25, 0.3) is 0 Å². The molecule has 1 fully saturated rings. The lowest BCUT2D eigenvalue weighted by Gasteiger charge is -2.29. The summed E-state index contributed by atoms with van der Waals surface area (Å²) in [6.45, 7) is 5.11. The number of aryl methyl sites for hydroxylation is 2. The normalized spacial score (nSPS) is 14.0. The van der Waals surface area contributed by atoms with Crippen molar-refractivity contribution in [1.29, 1.82) is 0 Å². The van der Waals surface area contributed by atoms with Crippen molar-refractivity contribution < 1.29 is 13.9 Å². The monoisotopic (exact) mass is 435 g/mol. The Labute approximate surface area is 188 Å². The number of carbonyl (C=O) groups excluding carboxylic acids is 1. The van der Waals surface area contributed by atoms with E-state index in [-0.39, 0.29) is 24.3 Å². The quantitative estimate of drug-likeness (QED) is 0.489. The summed E-state index contributed by atoms with van der Waals surface area (Å²) in [5.41, 5.74) is 3.87. The molecular weight excluding hydrogens is 405 g/mol. The van der Waals surface area contributed by atoms with Crippen molar-refractivity contribution in [3.63, 3.8) is 0 Å². The van der Waals surface area contributed by atoms with Gasteiger partial charge in [-0.1, -0.05) is 37.1 Å². The summed E-state index contributed by atoms with van der Waals surface area (Å²) in [5, 5.41) is 4.46. The van der Waals surface area contributed by atoms with Gasteiger partial charge in [0.1, 0.15) is 24.7 Å². The topological polar surface area (TPSA) is 47.4 Å². The first-order chi connectivity index (χ1) is 15.5. The molecule has 3 aromatic rings. The van der Waals surface area contributed by atoms with E-state index in [4.69, 9.17) is 4.74 Å². The van der Waals surface area contributed by atoms with Gasteiger partial charge in [-0.15, -0.1) is 0 Å². The Morgan fingerprint density at radius 1 is 1.09 bits per heavy atom. The van der Waals surface area contributed by atoms with Crippen LogP contribution < -0.4 is 4.74 Å². The molecule has 0 aliphatic heterocycles. The van der Waals surface area contributed by atoms with Gasteiger partial charge in [0, 0.05) is 18.3 Å². The zero-order chi connectivity index (χ0) is 22.5. The highest BCUT2D eigenvalue weighted by Gasteiger charge is 2.27. The summed E-state index contributed by atoms with van der Waals surface area (Å²) in [7, 11) is 0. The van der Waals surface area contributed by atoms with Crippen LogP contribution >= 0.6 is 0 Å². The van der Waals surface area contributed by atoms with E-state index < -0.39 is 0 Å². The van der Waals surface area contributed by atoms with Gasteiger partial charge in [-0.3, -0.25) is 9.48 Å². The number of halogens is 1. The van der Waals surface area contributed by atoms with Crippen LogP contribution in [0.5, 0.6) is 5.75 Å². The van der Waals surface area contributed by atoms with Gasteiger partial charge >= 0.3 is 0 Å². The molecule has 5 nitrogen and oxygen atoms in total. The van der Waals surface area contributed by atoms with E-state index in [1.165, 1.54) is 12.1 Å². The average Bonchev–Trinajstić information content (AvgIpc) is 3.41. The van der Waals surface area contributed by atoms with Gasteiger partial charge in [0.2, 0.25) is 5.91 Å². The van der Waals surface area contributed by atoms with Gasteiger partial charge in [-0.05, 0) is 68.1 Å². The Kier molecular flexibility index (Phi) is 6.88. The number of rotatable bonds is 8. The summed E-state index contributed by atoms with van der Waals surface area (Å²) in [6.07, 6.45) is 4.41. The van der Waals surface area contributed by atoms with Crippen molar-refractivity contribution in [3.8, 4) is 5.75 Å². The Balaban J connectivity index is 1.45. The molecule has 168 valence electrons. The molecule has 2 aromatic carbocycles. The Morgan fingerprint density at radius 3 is 2.53 bits per heavy atom. The van der Waals surface area contributed by atoms with E-state index in [2.05, 4.69) is 5.10 Å². The molecule has 1 aliphatic carbocycles. The van der Waals surface area contributed by atoms with Crippen molar-refractivity contribution in [3.05, 3.63) is 82.9 Å². The Bertz CT molecular complexity index is 1060. The van der Waals surface area contributed by atoms with Crippen LogP contribution in [-0.4, -0.2) is 26.6 Å². The minimum absolute atomic E-state index is 0.0979. The maximum absolute atomic E-state index is 13.3. The smallest absolute Gasteiger partial charge is 0.244 e. The number of aromatic nitrogens is 2. The van der Waals surface area contributed by atoms with Crippen molar-refractivity contribution in [2.45, 2.75) is 65.3 Å². The van der Waals surface area contributed by atoms with E-state index >= 15 is 0 Å². The predicted molar refractivity (Wildman–Crippen MR) is 122 cm³/mol. The summed E-state index contributed by atoms with van der Waals surface area (Å²) in [4.78, 5) is 15.3. The van der Waals surface area contributed by atoms with Crippen molar-refractivity contribution in [2.75, 3.05) is 0 Å². The van der Waals surface area contributed by atoms with Crippen LogP contribution in [0, 0.1) is 19.7 Å². The number of ether oxygens (including phenoxy) is 1. The maximum atomic E-state index is 13.3. The highest BCUT2D eigenvalue weighted by Crippen LogP contribution is 2.26. The zero-order valence-electron chi connectivity index (χ0n) is 18.8. The first-order valence-corrected chi connectivity index (χ1v) is 11.2. The molecular formula is C26H30FN3O2. The van der Waals surface area contributed by atoms with E-state index in [1.807, 2.05) is 49.1 Å². The molecule has 0 spiro atoms. The Morgan fingerprint density at radius 2 is 1.84 bits per heavy atom. The number of carbonyl (C=O) groups is 1. The molecule has 1 aromatic heterocycles. The molecule has 1 amide bonds. The van der Waals surface area contributed by atoms with Gasteiger partial charge in [-0.25, -0.2) is 4.39 Å².